The van der Waals surface area contributed by atoms with Crippen LogP contribution in [0.25, 0.3) is 0 Å². The van der Waals surface area contributed by atoms with Crippen LogP contribution >= 0.6 is 0 Å². The molecule has 0 spiro atoms. The van der Waals surface area contributed by atoms with Crippen molar-refractivity contribution in [2.24, 2.45) is 0 Å². The molecule has 0 aromatic heterocycles. The highest BCUT2D eigenvalue weighted by Crippen LogP contribution is 2.42. The molecule has 0 saturated carbocycles. The summed E-state index contributed by atoms with van der Waals surface area (Å²) in [4.78, 5) is 36.7. The second-order valence-electron chi connectivity index (χ2n) is 8.93. The quantitative estimate of drug-likeness (QED) is 0.359. The minimum atomic E-state index is -0.396. The van der Waals surface area contributed by atoms with Gasteiger partial charge in [-0.25, -0.2) is 9.59 Å². The first-order valence-corrected chi connectivity index (χ1v) is 11.9. The molecule has 0 radical (unpaired) electrons. The van der Waals surface area contributed by atoms with Crippen molar-refractivity contribution in [3.8, 4) is 11.5 Å². The van der Waals surface area contributed by atoms with E-state index in [2.05, 4.69) is 5.32 Å². The van der Waals surface area contributed by atoms with E-state index in [9.17, 15) is 14.4 Å². The second kappa shape index (κ2) is 11.7. The maximum absolute atomic E-state index is 12.4. The molecule has 1 heterocycles. The van der Waals surface area contributed by atoms with Crippen molar-refractivity contribution in [2.75, 3.05) is 19.5 Å². The molecule has 2 aromatic carbocycles. The number of methoxy groups -OCH3 is 2. The van der Waals surface area contributed by atoms with Crippen molar-refractivity contribution in [3.63, 3.8) is 0 Å². The number of carbonyl (C=O) groups excluding carboxylic acids is 3. The van der Waals surface area contributed by atoms with Crippen LogP contribution in [0.1, 0.15) is 71.0 Å². The van der Waals surface area contributed by atoms with Gasteiger partial charge in [-0.15, -0.1) is 0 Å². The van der Waals surface area contributed by atoms with Crippen molar-refractivity contribution in [3.05, 3.63) is 63.7 Å². The standard InChI is InChI=1S/C28H33NO7/c1-16(2)36-27(31)19-9-11-20(12-10-19)29-23(30)14-8-17(3)7-13-21-25(33-5)18(4)22-15-35-28(32)24(22)26(21)34-6/h7,9-12,16H,8,13-15H2,1-6H3,(H,29,30)/b17-7+. The summed E-state index contributed by atoms with van der Waals surface area (Å²) >= 11 is 0. The molecule has 3 rings (SSSR count). The molecular weight excluding hydrogens is 462 g/mol. The molecule has 2 aromatic rings. The lowest BCUT2D eigenvalue weighted by Gasteiger charge is -2.18. The van der Waals surface area contributed by atoms with Gasteiger partial charge in [0, 0.05) is 23.2 Å². The number of hydrogen-bond acceptors (Lipinski definition) is 7. The van der Waals surface area contributed by atoms with Crippen LogP contribution in [0.5, 0.6) is 11.5 Å². The Labute approximate surface area is 211 Å². The Bertz CT molecular complexity index is 1180. The number of hydrogen-bond donors (Lipinski definition) is 1. The predicted molar refractivity (Wildman–Crippen MR) is 136 cm³/mol. The molecule has 1 amide bonds. The lowest BCUT2D eigenvalue weighted by molar-refractivity contribution is -0.116. The number of allylic oxidation sites excluding steroid dienone is 2. The number of amides is 1. The Morgan fingerprint density at radius 1 is 1.08 bits per heavy atom. The van der Waals surface area contributed by atoms with E-state index in [0.29, 0.717) is 47.6 Å². The summed E-state index contributed by atoms with van der Waals surface area (Å²) in [6.45, 7) is 7.65. The van der Waals surface area contributed by atoms with Crippen LogP contribution in [0.2, 0.25) is 0 Å². The molecule has 0 saturated heterocycles. The van der Waals surface area contributed by atoms with Gasteiger partial charge in [-0.2, -0.15) is 0 Å². The van der Waals surface area contributed by atoms with E-state index in [4.69, 9.17) is 18.9 Å². The van der Waals surface area contributed by atoms with Gasteiger partial charge in [-0.05, 0) is 70.4 Å². The Morgan fingerprint density at radius 2 is 1.75 bits per heavy atom. The highest BCUT2D eigenvalue weighted by atomic mass is 16.5. The van der Waals surface area contributed by atoms with E-state index in [0.717, 1.165) is 22.3 Å². The Balaban J connectivity index is 1.63. The Morgan fingerprint density at radius 3 is 2.36 bits per heavy atom. The number of nitrogens with one attached hydrogen (secondary N) is 1. The van der Waals surface area contributed by atoms with Crippen molar-refractivity contribution in [1.82, 2.24) is 0 Å². The van der Waals surface area contributed by atoms with Crippen LogP contribution in [0.15, 0.2) is 35.9 Å². The fourth-order valence-corrected chi connectivity index (χ4v) is 4.12. The minimum Gasteiger partial charge on any atom is -0.496 e. The van der Waals surface area contributed by atoms with Gasteiger partial charge >= 0.3 is 11.9 Å². The number of cyclic esters (lactones) is 1. The van der Waals surface area contributed by atoms with Crippen LogP contribution in [-0.2, 0) is 27.3 Å². The molecule has 0 unspecified atom stereocenters. The van der Waals surface area contributed by atoms with Gasteiger partial charge in [0.15, 0.2) is 0 Å². The minimum absolute atomic E-state index is 0.133. The maximum Gasteiger partial charge on any atom is 0.342 e. The van der Waals surface area contributed by atoms with E-state index in [1.807, 2.05) is 19.9 Å². The molecule has 192 valence electrons. The summed E-state index contributed by atoms with van der Waals surface area (Å²) < 4.78 is 21.6. The highest BCUT2D eigenvalue weighted by molar-refractivity contribution is 5.98. The summed E-state index contributed by atoms with van der Waals surface area (Å²) in [5.41, 5.74) is 4.94. The fourth-order valence-electron chi connectivity index (χ4n) is 4.12. The molecule has 0 bridgehead atoms. The molecule has 1 aliphatic heterocycles. The van der Waals surface area contributed by atoms with Crippen LogP contribution in [-0.4, -0.2) is 38.2 Å². The Hall–Kier alpha value is -3.81. The molecule has 0 atom stereocenters. The predicted octanol–water partition coefficient (Wildman–Crippen LogP) is 5.16. The number of anilines is 1. The number of carbonyl (C=O) groups is 3. The zero-order chi connectivity index (χ0) is 26.4. The van der Waals surface area contributed by atoms with Gasteiger partial charge in [0.25, 0.3) is 0 Å². The first-order chi connectivity index (χ1) is 17.2. The molecule has 36 heavy (non-hydrogen) atoms. The maximum atomic E-state index is 12.4. The fraction of sp³-hybridized carbons (Fsp3) is 0.393. The zero-order valence-corrected chi connectivity index (χ0v) is 21.7. The molecule has 0 fully saturated rings. The normalized spacial score (nSPS) is 12.8. The van der Waals surface area contributed by atoms with E-state index in [1.165, 1.54) is 7.11 Å². The van der Waals surface area contributed by atoms with Gasteiger partial charge in [0.1, 0.15) is 23.7 Å². The average Bonchev–Trinajstić information content (AvgIpc) is 3.23. The Kier molecular flexibility index (Phi) is 8.74. The van der Waals surface area contributed by atoms with Crippen LogP contribution in [0.3, 0.4) is 0 Å². The summed E-state index contributed by atoms with van der Waals surface area (Å²) in [5.74, 6) is 0.221. The molecule has 8 heteroatoms. The third-order valence-corrected chi connectivity index (χ3v) is 5.98. The smallest absolute Gasteiger partial charge is 0.342 e. The zero-order valence-electron chi connectivity index (χ0n) is 21.7. The largest absolute Gasteiger partial charge is 0.496 e. The summed E-state index contributed by atoms with van der Waals surface area (Å²) in [6, 6.07) is 6.61. The molecule has 8 nitrogen and oxygen atoms in total. The number of ether oxygens (including phenoxy) is 4. The SMILES string of the molecule is COc1c(C)c2c(c(OC)c1C/C=C(\C)CCC(=O)Nc1ccc(C(=O)OC(C)C)cc1)C(=O)OC2. The molecule has 0 aliphatic carbocycles. The number of esters is 2. The van der Waals surface area contributed by atoms with Crippen LogP contribution in [0, 0.1) is 6.92 Å². The van der Waals surface area contributed by atoms with E-state index in [1.54, 1.807) is 45.2 Å². The number of rotatable bonds is 10. The summed E-state index contributed by atoms with van der Waals surface area (Å²) in [7, 11) is 3.12. The van der Waals surface area contributed by atoms with Crippen molar-refractivity contribution >= 4 is 23.5 Å². The first kappa shape index (κ1) is 26.8. The molecular formula is C28H33NO7. The van der Waals surface area contributed by atoms with Gasteiger partial charge in [-0.3, -0.25) is 4.79 Å². The first-order valence-electron chi connectivity index (χ1n) is 11.9. The van der Waals surface area contributed by atoms with Crippen LogP contribution < -0.4 is 14.8 Å². The van der Waals surface area contributed by atoms with Gasteiger partial charge in [0.05, 0.1) is 25.9 Å². The topological polar surface area (TPSA) is 100 Å². The highest BCUT2D eigenvalue weighted by Gasteiger charge is 2.32. The second-order valence-corrected chi connectivity index (χ2v) is 8.93. The number of benzene rings is 2. The van der Waals surface area contributed by atoms with Crippen molar-refractivity contribution < 1.29 is 33.3 Å². The lowest BCUT2D eigenvalue weighted by atomic mass is 9.94. The van der Waals surface area contributed by atoms with Gasteiger partial charge < -0.3 is 24.3 Å². The van der Waals surface area contributed by atoms with E-state index < -0.39 is 11.9 Å². The number of fused-ring (bicyclic) bond motifs is 1. The van der Waals surface area contributed by atoms with E-state index in [-0.39, 0.29) is 18.6 Å². The average molecular weight is 496 g/mol. The third kappa shape index (κ3) is 6.05. The van der Waals surface area contributed by atoms with Gasteiger partial charge in [0.2, 0.25) is 5.91 Å². The van der Waals surface area contributed by atoms with Crippen molar-refractivity contribution in [2.45, 2.75) is 59.7 Å². The molecule has 1 aliphatic rings. The molecule has 1 N–H and O–H groups in total. The van der Waals surface area contributed by atoms with E-state index >= 15 is 0 Å². The monoisotopic (exact) mass is 495 g/mol. The summed E-state index contributed by atoms with van der Waals surface area (Å²) in [5, 5.41) is 2.85. The lowest BCUT2D eigenvalue weighted by Crippen LogP contribution is -2.13. The third-order valence-electron chi connectivity index (χ3n) is 5.98. The summed E-state index contributed by atoms with van der Waals surface area (Å²) in [6.07, 6.45) is 3.15. The van der Waals surface area contributed by atoms with Crippen LogP contribution in [0.4, 0.5) is 5.69 Å². The van der Waals surface area contributed by atoms with Gasteiger partial charge in [-0.1, -0.05) is 11.6 Å². The van der Waals surface area contributed by atoms with Crippen molar-refractivity contribution in [1.29, 1.82) is 0 Å².